The van der Waals surface area contributed by atoms with E-state index in [0.717, 1.165) is 36.4 Å². The normalized spacial score (nSPS) is 29.9. The molecule has 1 fully saturated rings. The Kier molecular flexibility index (Phi) is 2.40. The molecule has 0 saturated carbocycles. The molecule has 2 aliphatic rings. The second-order valence-corrected chi connectivity index (χ2v) is 7.18. The lowest BCUT2D eigenvalue weighted by atomic mass is 9.75. The van der Waals surface area contributed by atoms with Crippen LogP contribution in [0.15, 0.2) is 29.2 Å². The number of hydrogen-bond donors (Lipinski definition) is 1. The molecule has 1 atom stereocenters. The minimum absolute atomic E-state index is 0.0592. The van der Waals surface area contributed by atoms with Crippen molar-refractivity contribution in [2.75, 3.05) is 18.8 Å². The number of rotatable bonds is 0. The number of piperidine rings is 1. The first-order chi connectivity index (χ1) is 8.20. The molecule has 1 unspecified atom stereocenters. The molecule has 1 saturated heterocycles. The molecular weight excluding hydrogens is 234 g/mol. The van der Waals surface area contributed by atoms with Gasteiger partial charge in [-0.25, -0.2) is 4.79 Å². The molecule has 0 amide bonds. The van der Waals surface area contributed by atoms with Crippen LogP contribution in [0.5, 0.6) is 0 Å². The monoisotopic (exact) mass is 249 g/mol. The maximum Gasteiger partial charge on any atom is 0.190 e. The van der Waals surface area contributed by atoms with Gasteiger partial charge in [-0.15, -0.1) is 0 Å². The number of carbonyl (C=O) groups excluding carboxylic acids is 1. The Balaban J connectivity index is 2.25. The maximum atomic E-state index is 12.6. The van der Waals surface area contributed by atoms with Gasteiger partial charge in [0, 0.05) is 16.1 Å². The van der Waals surface area contributed by atoms with Crippen molar-refractivity contribution in [1.29, 1.82) is 0 Å². The average molecular weight is 249 g/mol. The molecule has 1 aromatic carbocycles. The lowest BCUT2D eigenvalue weighted by molar-refractivity contribution is 0.342. The Morgan fingerprint density at radius 2 is 1.94 bits per heavy atom. The van der Waals surface area contributed by atoms with Crippen molar-refractivity contribution in [1.82, 2.24) is 5.32 Å². The molecule has 4 heteroatoms. The van der Waals surface area contributed by atoms with Gasteiger partial charge in [-0.05, 0) is 37.6 Å². The highest BCUT2D eigenvalue weighted by molar-refractivity contribution is 8.01. The molecule has 90 valence electrons. The summed E-state index contributed by atoms with van der Waals surface area (Å²) in [5, 5.41) is 5.15. The van der Waals surface area contributed by atoms with Gasteiger partial charge in [0.15, 0.2) is 5.23 Å². The lowest BCUT2D eigenvalue weighted by Gasteiger charge is -2.34. The maximum absolute atomic E-state index is 12.6. The summed E-state index contributed by atoms with van der Waals surface area (Å²) in [5.74, 6) is 0.463. The van der Waals surface area contributed by atoms with E-state index in [4.69, 9.17) is 0 Å². The molecular formula is C13H15NO2S. The van der Waals surface area contributed by atoms with Crippen molar-refractivity contribution in [2.45, 2.75) is 23.2 Å². The SMILES string of the molecule is O=C=S1(=O)CC2(CCNCC2)c2ccccc21. The van der Waals surface area contributed by atoms with Gasteiger partial charge in [0.25, 0.3) is 0 Å². The standard InChI is InChI=1S/C13H15NO2S/c15-10-17(16)9-13(5-7-14-8-6-13)11-3-1-2-4-12(11)17/h1-4,14H,5-9H2. The van der Waals surface area contributed by atoms with E-state index in [2.05, 4.69) is 5.32 Å². The summed E-state index contributed by atoms with van der Waals surface area (Å²) in [6.45, 7) is 1.87. The van der Waals surface area contributed by atoms with Crippen LogP contribution in [0.3, 0.4) is 0 Å². The van der Waals surface area contributed by atoms with Crippen LogP contribution < -0.4 is 5.32 Å². The third kappa shape index (κ3) is 1.48. The molecule has 1 aromatic rings. The smallest absolute Gasteiger partial charge is 0.190 e. The molecule has 3 nitrogen and oxygen atoms in total. The van der Waals surface area contributed by atoms with Crippen LogP contribution in [0.1, 0.15) is 18.4 Å². The molecule has 1 N–H and O–H groups in total. The van der Waals surface area contributed by atoms with E-state index < -0.39 is 9.52 Å². The van der Waals surface area contributed by atoms with Crippen molar-refractivity contribution in [3.63, 3.8) is 0 Å². The van der Waals surface area contributed by atoms with Crippen molar-refractivity contribution in [3.8, 4) is 0 Å². The van der Waals surface area contributed by atoms with Crippen LogP contribution in [0.2, 0.25) is 0 Å². The van der Waals surface area contributed by atoms with E-state index in [1.54, 1.807) is 0 Å². The van der Waals surface area contributed by atoms with Crippen molar-refractivity contribution in [2.24, 2.45) is 0 Å². The number of benzene rings is 1. The van der Waals surface area contributed by atoms with Crippen LogP contribution in [-0.2, 0) is 19.7 Å². The summed E-state index contributed by atoms with van der Waals surface area (Å²) in [6.07, 6.45) is 1.92. The first kappa shape index (κ1) is 11.0. The Labute approximate surface area is 101 Å². The minimum Gasteiger partial charge on any atom is -0.317 e. The molecule has 0 bridgehead atoms. The van der Waals surface area contributed by atoms with Crippen LogP contribution in [0.4, 0.5) is 0 Å². The summed E-state index contributed by atoms with van der Waals surface area (Å²) < 4.78 is 12.6. The average Bonchev–Trinajstić information content (AvgIpc) is 2.62. The van der Waals surface area contributed by atoms with Gasteiger partial charge in [-0.3, -0.25) is 4.21 Å². The summed E-state index contributed by atoms with van der Waals surface area (Å²) in [7, 11) is -2.59. The van der Waals surface area contributed by atoms with E-state index >= 15 is 0 Å². The fourth-order valence-electron chi connectivity index (χ4n) is 3.13. The molecule has 0 aromatic heterocycles. The quantitative estimate of drug-likeness (QED) is 0.699. The van der Waals surface area contributed by atoms with Crippen LogP contribution in [0.25, 0.3) is 0 Å². The third-order valence-corrected chi connectivity index (χ3v) is 6.28. The fourth-order valence-corrected chi connectivity index (χ4v) is 5.59. The second-order valence-electron chi connectivity index (χ2n) is 4.93. The van der Waals surface area contributed by atoms with Gasteiger partial charge in [-0.2, -0.15) is 0 Å². The molecule has 17 heavy (non-hydrogen) atoms. The number of nitrogens with one attached hydrogen (secondary N) is 1. The Morgan fingerprint density at radius 1 is 1.24 bits per heavy atom. The number of fused-ring (bicyclic) bond motifs is 2. The molecule has 2 aliphatic heterocycles. The zero-order valence-electron chi connectivity index (χ0n) is 9.57. The molecule has 0 aliphatic carbocycles. The number of hydrogen-bond acceptors (Lipinski definition) is 3. The van der Waals surface area contributed by atoms with Crippen LogP contribution in [-0.4, -0.2) is 28.3 Å². The fraction of sp³-hybridized carbons (Fsp3) is 0.462. The van der Waals surface area contributed by atoms with E-state index in [0.29, 0.717) is 5.75 Å². The van der Waals surface area contributed by atoms with Crippen LogP contribution >= 0.6 is 0 Å². The second kappa shape index (κ2) is 3.70. The Bertz CT molecular complexity index is 589. The van der Waals surface area contributed by atoms with Gasteiger partial charge in [0.05, 0.1) is 9.52 Å². The molecule has 1 spiro atoms. The zero-order valence-corrected chi connectivity index (χ0v) is 10.4. The highest BCUT2D eigenvalue weighted by Gasteiger charge is 2.45. The zero-order chi connectivity index (χ0) is 11.9. The minimum atomic E-state index is -2.59. The highest BCUT2D eigenvalue weighted by atomic mass is 32.2. The highest BCUT2D eigenvalue weighted by Crippen LogP contribution is 2.45. The van der Waals surface area contributed by atoms with Crippen molar-refractivity contribution < 1.29 is 9.00 Å². The Morgan fingerprint density at radius 3 is 2.65 bits per heavy atom. The molecule has 0 radical (unpaired) electrons. The molecule has 2 heterocycles. The summed E-state index contributed by atoms with van der Waals surface area (Å²) in [5.41, 5.74) is 1.06. The van der Waals surface area contributed by atoms with Crippen LogP contribution in [0, 0.1) is 0 Å². The largest absolute Gasteiger partial charge is 0.317 e. The lowest BCUT2D eigenvalue weighted by Crippen LogP contribution is -2.41. The predicted octanol–water partition coefficient (Wildman–Crippen LogP) is 1.03. The van der Waals surface area contributed by atoms with Gasteiger partial charge in [0.2, 0.25) is 0 Å². The van der Waals surface area contributed by atoms with E-state index in [1.807, 2.05) is 29.5 Å². The van der Waals surface area contributed by atoms with Gasteiger partial charge >= 0.3 is 0 Å². The summed E-state index contributed by atoms with van der Waals surface area (Å²) in [6, 6.07) is 7.69. The van der Waals surface area contributed by atoms with Gasteiger partial charge < -0.3 is 5.32 Å². The third-order valence-electron chi connectivity index (χ3n) is 3.99. The van der Waals surface area contributed by atoms with Gasteiger partial charge in [-0.1, -0.05) is 18.2 Å². The summed E-state index contributed by atoms with van der Waals surface area (Å²) >= 11 is 0. The molecule has 3 rings (SSSR count). The van der Waals surface area contributed by atoms with E-state index in [9.17, 15) is 9.00 Å². The van der Waals surface area contributed by atoms with Crippen molar-refractivity contribution in [3.05, 3.63) is 29.8 Å². The van der Waals surface area contributed by atoms with E-state index in [1.165, 1.54) is 0 Å². The first-order valence-electron chi connectivity index (χ1n) is 5.91. The van der Waals surface area contributed by atoms with Crippen molar-refractivity contribution >= 4 is 14.8 Å². The Hall–Kier alpha value is -1.09. The predicted molar refractivity (Wildman–Crippen MR) is 67.2 cm³/mol. The van der Waals surface area contributed by atoms with E-state index in [-0.39, 0.29) is 5.41 Å². The van der Waals surface area contributed by atoms with Gasteiger partial charge in [0.1, 0.15) is 0 Å². The topological polar surface area (TPSA) is 46.2 Å². The summed E-state index contributed by atoms with van der Waals surface area (Å²) in [4.78, 5) is 11.8. The first-order valence-corrected chi connectivity index (χ1v) is 7.64.